The van der Waals surface area contributed by atoms with Gasteiger partial charge in [0.25, 0.3) is 5.56 Å². The molecule has 0 atom stereocenters. The SMILES string of the molecule is Cc1c(Cl)cccc1NC(=O)Cn1cnc2sc(C(=O)OC(C)C)c(C)c2c1=O. The van der Waals surface area contributed by atoms with E-state index in [0.29, 0.717) is 31.4 Å². The zero-order valence-corrected chi connectivity index (χ0v) is 18.0. The number of carbonyl (C=O) groups is 2. The fraction of sp³-hybridized carbons (Fsp3) is 0.300. The number of halogens is 1. The van der Waals surface area contributed by atoms with Crippen LogP contribution in [0.25, 0.3) is 10.2 Å². The van der Waals surface area contributed by atoms with Gasteiger partial charge in [-0.3, -0.25) is 14.2 Å². The molecular formula is C20H20ClN3O4S. The molecule has 9 heteroatoms. The molecule has 0 unspecified atom stereocenters. The van der Waals surface area contributed by atoms with E-state index in [4.69, 9.17) is 16.3 Å². The Morgan fingerprint density at radius 3 is 2.69 bits per heavy atom. The Balaban J connectivity index is 1.89. The number of amides is 1. The van der Waals surface area contributed by atoms with Crippen LogP contribution in [0.4, 0.5) is 5.69 Å². The maximum absolute atomic E-state index is 12.9. The van der Waals surface area contributed by atoms with Crippen molar-refractivity contribution in [3.63, 3.8) is 0 Å². The predicted octanol–water partition coefficient (Wildman–Crippen LogP) is 3.93. The monoisotopic (exact) mass is 433 g/mol. The average Bonchev–Trinajstić information content (AvgIpc) is 2.98. The van der Waals surface area contributed by atoms with E-state index in [2.05, 4.69) is 10.3 Å². The Morgan fingerprint density at radius 2 is 2.00 bits per heavy atom. The fourth-order valence-electron chi connectivity index (χ4n) is 2.82. The molecule has 3 rings (SSSR count). The van der Waals surface area contributed by atoms with Gasteiger partial charge in [0.15, 0.2) is 0 Å². The van der Waals surface area contributed by atoms with Gasteiger partial charge in [0.2, 0.25) is 5.91 Å². The molecule has 1 amide bonds. The number of hydrogen-bond donors (Lipinski definition) is 1. The zero-order chi connectivity index (χ0) is 21.3. The first-order chi connectivity index (χ1) is 13.7. The van der Waals surface area contributed by atoms with Gasteiger partial charge in [-0.2, -0.15) is 0 Å². The normalized spacial score (nSPS) is 11.1. The number of aryl methyl sites for hydroxylation is 1. The molecule has 1 aromatic carbocycles. The number of carbonyl (C=O) groups excluding carboxylic acids is 2. The largest absolute Gasteiger partial charge is 0.459 e. The first-order valence-electron chi connectivity index (χ1n) is 8.93. The van der Waals surface area contributed by atoms with Crippen LogP contribution in [0.2, 0.25) is 5.02 Å². The number of nitrogens with zero attached hydrogens (tertiary/aromatic N) is 2. The van der Waals surface area contributed by atoms with Crippen molar-refractivity contribution in [2.75, 3.05) is 5.32 Å². The Hall–Kier alpha value is -2.71. The first-order valence-corrected chi connectivity index (χ1v) is 10.1. The second-order valence-electron chi connectivity index (χ2n) is 6.83. The lowest BCUT2D eigenvalue weighted by molar-refractivity contribution is -0.116. The van der Waals surface area contributed by atoms with Crippen molar-refractivity contribution in [1.29, 1.82) is 0 Å². The number of fused-ring (bicyclic) bond motifs is 1. The molecule has 2 heterocycles. The fourth-order valence-corrected chi connectivity index (χ4v) is 4.02. The third-order valence-corrected chi connectivity index (χ3v) is 5.89. The number of ether oxygens (including phenoxy) is 1. The molecule has 0 aliphatic heterocycles. The lowest BCUT2D eigenvalue weighted by atomic mass is 10.2. The molecule has 0 fully saturated rings. The second-order valence-corrected chi connectivity index (χ2v) is 8.23. The maximum atomic E-state index is 12.9. The highest BCUT2D eigenvalue weighted by atomic mass is 35.5. The number of rotatable bonds is 5. The molecule has 7 nitrogen and oxygen atoms in total. The van der Waals surface area contributed by atoms with Crippen molar-refractivity contribution < 1.29 is 14.3 Å². The Morgan fingerprint density at radius 1 is 1.28 bits per heavy atom. The maximum Gasteiger partial charge on any atom is 0.348 e. The molecule has 0 spiro atoms. The van der Waals surface area contributed by atoms with Gasteiger partial charge in [-0.15, -0.1) is 11.3 Å². The van der Waals surface area contributed by atoms with E-state index in [1.165, 1.54) is 10.9 Å². The first kappa shape index (κ1) is 21.0. The molecule has 0 saturated carbocycles. The van der Waals surface area contributed by atoms with Gasteiger partial charge in [-0.25, -0.2) is 9.78 Å². The molecular weight excluding hydrogens is 414 g/mol. The molecule has 0 bridgehead atoms. The molecule has 29 heavy (non-hydrogen) atoms. The van der Waals surface area contributed by atoms with Crippen LogP contribution in [0, 0.1) is 13.8 Å². The highest BCUT2D eigenvalue weighted by Crippen LogP contribution is 2.28. The van der Waals surface area contributed by atoms with Crippen LogP contribution >= 0.6 is 22.9 Å². The van der Waals surface area contributed by atoms with Gasteiger partial charge in [0.1, 0.15) is 16.3 Å². The summed E-state index contributed by atoms with van der Waals surface area (Å²) in [6.07, 6.45) is 1.04. The Labute approximate surface area is 176 Å². The van der Waals surface area contributed by atoms with Gasteiger partial charge < -0.3 is 10.1 Å². The van der Waals surface area contributed by atoms with Gasteiger partial charge in [0.05, 0.1) is 17.8 Å². The molecule has 1 N–H and O–H groups in total. The van der Waals surface area contributed by atoms with Crippen molar-refractivity contribution in [2.45, 2.75) is 40.3 Å². The Bertz CT molecular complexity index is 1170. The minimum Gasteiger partial charge on any atom is -0.459 e. The summed E-state index contributed by atoms with van der Waals surface area (Å²) >= 11 is 7.18. The smallest absolute Gasteiger partial charge is 0.348 e. The highest BCUT2D eigenvalue weighted by molar-refractivity contribution is 7.20. The quantitative estimate of drug-likeness (QED) is 0.615. The van der Waals surface area contributed by atoms with E-state index in [9.17, 15) is 14.4 Å². The van der Waals surface area contributed by atoms with Crippen molar-refractivity contribution in [3.8, 4) is 0 Å². The molecule has 0 radical (unpaired) electrons. The van der Waals surface area contributed by atoms with Crippen LogP contribution < -0.4 is 10.9 Å². The minimum atomic E-state index is -0.486. The third-order valence-electron chi connectivity index (χ3n) is 4.30. The summed E-state index contributed by atoms with van der Waals surface area (Å²) in [5.41, 5.74) is 1.44. The van der Waals surface area contributed by atoms with Crippen LogP contribution in [0.5, 0.6) is 0 Å². The van der Waals surface area contributed by atoms with Crippen LogP contribution in [-0.2, 0) is 16.1 Å². The molecule has 0 aliphatic carbocycles. The number of nitrogens with one attached hydrogen (secondary N) is 1. The molecule has 2 aromatic heterocycles. The van der Waals surface area contributed by atoms with Crippen molar-refractivity contribution in [1.82, 2.24) is 9.55 Å². The lowest BCUT2D eigenvalue weighted by Crippen LogP contribution is -2.28. The summed E-state index contributed by atoms with van der Waals surface area (Å²) in [6.45, 7) is 6.77. The number of benzene rings is 1. The summed E-state index contributed by atoms with van der Waals surface area (Å²) in [7, 11) is 0. The van der Waals surface area contributed by atoms with E-state index >= 15 is 0 Å². The minimum absolute atomic E-state index is 0.214. The predicted molar refractivity (Wildman–Crippen MR) is 114 cm³/mol. The standard InChI is InChI=1S/C20H20ClN3O4S/c1-10(2)28-20(27)17-12(4)16-18(29-17)22-9-24(19(16)26)8-15(25)23-14-7-5-6-13(21)11(14)3/h5-7,9-10H,8H2,1-4H3,(H,23,25). The highest BCUT2D eigenvalue weighted by Gasteiger charge is 2.21. The zero-order valence-electron chi connectivity index (χ0n) is 16.4. The van der Waals surface area contributed by atoms with E-state index in [1.807, 2.05) is 0 Å². The van der Waals surface area contributed by atoms with Crippen LogP contribution in [0.15, 0.2) is 29.3 Å². The van der Waals surface area contributed by atoms with Crippen molar-refractivity contribution in [3.05, 3.63) is 55.9 Å². The van der Waals surface area contributed by atoms with Crippen LogP contribution in [0.3, 0.4) is 0 Å². The second kappa shape index (κ2) is 8.34. The lowest BCUT2D eigenvalue weighted by Gasteiger charge is -2.10. The summed E-state index contributed by atoms with van der Waals surface area (Å²) in [6, 6.07) is 5.20. The summed E-state index contributed by atoms with van der Waals surface area (Å²) in [5, 5.41) is 3.61. The average molecular weight is 434 g/mol. The molecule has 3 aromatic rings. The molecule has 0 saturated heterocycles. The van der Waals surface area contributed by atoms with E-state index < -0.39 is 5.97 Å². The van der Waals surface area contributed by atoms with E-state index in [0.717, 1.165) is 16.9 Å². The van der Waals surface area contributed by atoms with Gasteiger partial charge >= 0.3 is 5.97 Å². The van der Waals surface area contributed by atoms with Crippen LogP contribution in [0.1, 0.15) is 34.6 Å². The van der Waals surface area contributed by atoms with E-state index in [1.54, 1.807) is 45.9 Å². The van der Waals surface area contributed by atoms with Gasteiger partial charge in [0, 0.05) is 10.7 Å². The summed E-state index contributed by atoms with van der Waals surface area (Å²) in [5.74, 6) is -0.869. The molecule has 152 valence electrons. The summed E-state index contributed by atoms with van der Waals surface area (Å²) in [4.78, 5) is 42.6. The number of hydrogen-bond acceptors (Lipinski definition) is 6. The molecule has 0 aliphatic rings. The summed E-state index contributed by atoms with van der Waals surface area (Å²) < 4.78 is 6.45. The van der Waals surface area contributed by atoms with Gasteiger partial charge in [-0.05, 0) is 51.0 Å². The van der Waals surface area contributed by atoms with Crippen molar-refractivity contribution >= 4 is 50.7 Å². The Kier molecular flexibility index (Phi) is 6.04. The number of esters is 1. The number of anilines is 1. The van der Waals surface area contributed by atoms with Crippen LogP contribution in [-0.4, -0.2) is 27.5 Å². The van der Waals surface area contributed by atoms with Gasteiger partial charge in [-0.1, -0.05) is 17.7 Å². The third kappa shape index (κ3) is 4.33. The number of thiophene rings is 1. The van der Waals surface area contributed by atoms with E-state index in [-0.39, 0.29) is 24.1 Å². The van der Waals surface area contributed by atoms with Crippen molar-refractivity contribution in [2.24, 2.45) is 0 Å². The number of aromatic nitrogens is 2. The topological polar surface area (TPSA) is 90.3 Å².